The lowest BCUT2D eigenvalue weighted by molar-refractivity contribution is 0.686. The predicted octanol–water partition coefficient (Wildman–Crippen LogP) is 3.44. The molecule has 0 aliphatic heterocycles. The zero-order valence-corrected chi connectivity index (χ0v) is 12.7. The van der Waals surface area contributed by atoms with Crippen molar-refractivity contribution in [3.05, 3.63) is 39.8 Å². The number of hydrogen-bond donors (Lipinski definition) is 2. The molecule has 3 nitrogen and oxygen atoms in total. The van der Waals surface area contributed by atoms with Crippen LogP contribution in [0.4, 0.5) is 0 Å². The lowest BCUT2D eigenvalue weighted by atomic mass is 9.90. The average Bonchev–Trinajstić information content (AvgIpc) is 2.79. The maximum atomic E-state index is 4.65. The molecule has 0 unspecified atom stereocenters. The second-order valence-corrected chi connectivity index (χ2v) is 5.86. The summed E-state index contributed by atoms with van der Waals surface area (Å²) < 4.78 is 0.966. The second-order valence-electron chi connectivity index (χ2n) is 5.07. The van der Waals surface area contributed by atoms with E-state index in [0.717, 1.165) is 22.7 Å². The molecule has 19 heavy (non-hydrogen) atoms. The molecule has 1 aromatic heterocycles. The maximum Gasteiger partial charge on any atom is 0.121 e. The van der Waals surface area contributed by atoms with Gasteiger partial charge < -0.3 is 10.3 Å². The van der Waals surface area contributed by atoms with Crippen molar-refractivity contribution in [3.8, 4) is 11.3 Å². The highest BCUT2D eigenvalue weighted by molar-refractivity contribution is 9.10. The lowest BCUT2D eigenvalue weighted by Crippen LogP contribution is -2.06. The van der Waals surface area contributed by atoms with Gasteiger partial charge in [0.05, 0.1) is 6.54 Å². The number of aryl methyl sites for hydroxylation is 2. The second kappa shape index (κ2) is 5.47. The molecule has 2 N–H and O–H groups in total. The van der Waals surface area contributed by atoms with Gasteiger partial charge in [0.2, 0.25) is 0 Å². The Morgan fingerprint density at radius 1 is 1.26 bits per heavy atom. The molecule has 3 rings (SSSR count). The monoisotopic (exact) mass is 319 g/mol. The molecule has 0 saturated heterocycles. The van der Waals surface area contributed by atoms with E-state index < -0.39 is 0 Å². The van der Waals surface area contributed by atoms with Crippen LogP contribution in [0.2, 0.25) is 0 Å². The summed E-state index contributed by atoms with van der Waals surface area (Å²) in [6.45, 7) is 0.754. The van der Waals surface area contributed by atoms with Gasteiger partial charge in [-0.1, -0.05) is 12.1 Å². The Balaban J connectivity index is 1.97. The molecule has 4 heteroatoms. The molecule has 0 radical (unpaired) electrons. The number of fused-ring (bicyclic) bond motifs is 1. The molecule has 1 heterocycles. The van der Waals surface area contributed by atoms with E-state index in [4.69, 9.17) is 0 Å². The first-order valence-corrected chi connectivity index (χ1v) is 7.58. The van der Waals surface area contributed by atoms with Gasteiger partial charge in [0.25, 0.3) is 0 Å². The number of imidazole rings is 1. The minimum absolute atomic E-state index is 0.754. The van der Waals surface area contributed by atoms with Gasteiger partial charge in [-0.3, -0.25) is 0 Å². The molecule has 0 fully saturated rings. The van der Waals surface area contributed by atoms with Crippen LogP contribution in [-0.4, -0.2) is 17.0 Å². The van der Waals surface area contributed by atoms with E-state index in [1.165, 1.54) is 42.4 Å². The van der Waals surface area contributed by atoms with Gasteiger partial charge >= 0.3 is 0 Å². The fourth-order valence-corrected chi connectivity index (χ4v) is 3.27. The van der Waals surface area contributed by atoms with E-state index in [0.29, 0.717) is 0 Å². The van der Waals surface area contributed by atoms with Gasteiger partial charge in [0.15, 0.2) is 0 Å². The smallest absolute Gasteiger partial charge is 0.121 e. The number of aromatic amines is 1. The molecule has 0 amide bonds. The topological polar surface area (TPSA) is 40.7 Å². The zero-order chi connectivity index (χ0) is 13.2. The number of nitrogens with one attached hydrogen (secondary N) is 2. The van der Waals surface area contributed by atoms with Crippen LogP contribution in [0.15, 0.2) is 22.8 Å². The van der Waals surface area contributed by atoms with Crippen LogP contribution < -0.4 is 5.32 Å². The number of hydrogen-bond acceptors (Lipinski definition) is 2. The van der Waals surface area contributed by atoms with Crippen molar-refractivity contribution in [1.82, 2.24) is 15.3 Å². The summed E-state index contributed by atoms with van der Waals surface area (Å²) in [5, 5.41) is 3.11. The van der Waals surface area contributed by atoms with Crippen LogP contribution in [0.3, 0.4) is 0 Å². The molecular weight excluding hydrogens is 302 g/mol. The highest BCUT2D eigenvalue weighted by Gasteiger charge is 2.14. The molecule has 100 valence electrons. The van der Waals surface area contributed by atoms with Gasteiger partial charge in [-0.2, -0.15) is 0 Å². The van der Waals surface area contributed by atoms with E-state index in [-0.39, 0.29) is 0 Å². The first kappa shape index (κ1) is 12.9. The Morgan fingerprint density at radius 3 is 2.84 bits per heavy atom. The first-order valence-electron chi connectivity index (χ1n) is 6.79. The summed E-state index contributed by atoms with van der Waals surface area (Å²) in [4.78, 5) is 7.92. The molecule has 1 aromatic carbocycles. The number of aromatic nitrogens is 2. The number of rotatable bonds is 3. The molecule has 2 aromatic rings. The quantitative estimate of drug-likeness (QED) is 0.909. The van der Waals surface area contributed by atoms with Gasteiger partial charge in [0.1, 0.15) is 16.1 Å². The van der Waals surface area contributed by atoms with Gasteiger partial charge in [-0.25, -0.2) is 4.98 Å². The molecule has 0 atom stereocenters. The van der Waals surface area contributed by atoms with Gasteiger partial charge in [-0.05, 0) is 65.9 Å². The van der Waals surface area contributed by atoms with Crippen molar-refractivity contribution >= 4 is 15.9 Å². The van der Waals surface area contributed by atoms with Gasteiger partial charge in [0, 0.05) is 5.56 Å². The number of benzene rings is 1. The van der Waals surface area contributed by atoms with E-state index in [9.17, 15) is 0 Å². The summed E-state index contributed by atoms with van der Waals surface area (Å²) in [6, 6.07) is 6.76. The van der Waals surface area contributed by atoms with Crippen molar-refractivity contribution in [3.63, 3.8) is 0 Å². The van der Waals surface area contributed by atoms with Crippen molar-refractivity contribution < 1.29 is 0 Å². The van der Waals surface area contributed by atoms with Crippen molar-refractivity contribution in [2.75, 3.05) is 7.05 Å². The van der Waals surface area contributed by atoms with E-state index >= 15 is 0 Å². The standard InChI is InChI=1S/C15H18BrN3/c1-17-9-13-18-14(15(16)19-13)12-7-6-10-4-2-3-5-11(10)8-12/h6-8,17H,2-5,9H2,1H3,(H,18,19). The minimum Gasteiger partial charge on any atom is -0.335 e. The molecule has 0 bridgehead atoms. The van der Waals surface area contributed by atoms with Crippen LogP contribution in [-0.2, 0) is 19.4 Å². The average molecular weight is 320 g/mol. The predicted molar refractivity (Wildman–Crippen MR) is 81.1 cm³/mol. The minimum atomic E-state index is 0.754. The van der Waals surface area contributed by atoms with Crippen LogP contribution in [0.25, 0.3) is 11.3 Å². The van der Waals surface area contributed by atoms with E-state index in [1.54, 1.807) is 0 Å². The molecule has 1 aliphatic rings. The Kier molecular flexibility index (Phi) is 3.71. The lowest BCUT2D eigenvalue weighted by Gasteiger charge is -2.16. The summed E-state index contributed by atoms with van der Waals surface area (Å²) in [6.07, 6.45) is 5.06. The Bertz CT molecular complexity index is 589. The number of halogens is 1. The fraction of sp³-hybridized carbons (Fsp3) is 0.400. The summed E-state index contributed by atoms with van der Waals surface area (Å²) in [7, 11) is 1.93. The SMILES string of the molecule is CNCc1nc(-c2ccc3c(c2)CCCC3)c(Br)[nH]1. The normalized spacial score (nSPS) is 14.4. The van der Waals surface area contributed by atoms with E-state index in [1.807, 2.05) is 7.05 Å². The highest BCUT2D eigenvalue weighted by atomic mass is 79.9. The number of H-pyrrole nitrogens is 1. The molecule has 1 aliphatic carbocycles. The summed E-state index contributed by atoms with van der Waals surface area (Å²) >= 11 is 3.57. The van der Waals surface area contributed by atoms with Crippen LogP contribution >= 0.6 is 15.9 Å². The third kappa shape index (κ3) is 2.60. The van der Waals surface area contributed by atoms with Crippen molar-refractivity contribution in [1.29, 1.82) is 0 Å². The highest BCUT2D eigenvalue weighted by Crippen LogP contribution is 2.30. The molecule has 0 saturated carbocycles. The summed E-state index contributed by atoms with van der Waals surface area (Å²) in [5.74, 6) is 0.960. The zero-order valence-electron chi connectivity index (χ0n) is 11.1. The van der Waals surface area contributed by atoms with Crippen molar-refractivity contribution in [2.24, 2.45) is 0 Å². The van der Waals surface area contributed by atoms with Crippen LogP contribution in [0, 0.1) is 0 Å². The van der Waals surface area contributed by atoms with Crippen molar-refractivity contribution in [2.45, 2.75) is 32.2 Å². The Morgan fingerprint density at radius 2 is 2.05 bits per heavy atom. The third-order valence-electron chi connectivity index (χ3n) is 3.67. The number of nitrogens with zero attached hydrogens (tertiary/aromatic N) is 1. The maximum absolute atomic E-state index is 4.65. The van der Waals surface area contributed by atoms with Gasteiger partial charge in [-0.15, -0.1) is 0 Å². The van der Waals surface area contributed by atoms with Crippen LogP contribution in [0.5, 0.6) is 0 Å². The molecule has 0 spiro atoms. The largest absolute Gasteiger partial charge is 0.335 e. The van der Waals surface area contributed by atoms with E-state index in [2.05, 4.69) is 49.4 Å². The van der Waals surface area contributed by atoms with Crippen LogP contribution in [0.1, 0.15) is 29.8 Å². The Labute approximate surface area is 122 Å². The summed E-state index contributed by atoms with van der Waals surface area (Å²) in [5.41, 5.74) is 5.22. The Hall–Kier alpha value is -1.13. The molecular formula is C15H18BrN3. The third-order valence-corrected chi connectivity index (χ3v) is 4.25. The fourth-order valence-electron chi connectivity index (χ4n) is 2.72. The first-order chi connectivity index (χ1) is 9.28.